The Morgan fingerprint density at radius 1 is 1.19 bits per heavy atom. The van der Waals surface area contributed by atoms with E-state index in [1.807, 2.05) is 0 Å². The highest BCUT2D eigenvalue weighted by Crippen LogP contribution is 2.21. The first kappa shape index (κ1) is 13.8. The number of nitrogens with zero attached hydrogens (tertiary/aromatic N) is 1. The van der Waals surface area contributed by atoms with Gasteiger partial charge < -0.3 is 5.73 Å². The number of halogens is 1. The van der Waals surface area contributed by atoms with E-state index in [2.05, 4.69) is 29.2 Å². The monoisotopic (exact) mass is 283 g/mol. The molecule has 0 aliphatic carbocycles. The van der Waals surface area contributed by atoms with Crippen molar-refractivity contribution in [2.45, 2.75) is 19.5 Å². The molecule has 2 aromatic rings. The minimum Gasteiger partial charge on any atom is -0.384 e. The van der Waals surface area contributed by atoms with Gasteiger partial charge >= 0.3 is 0 Å². The maximum absolute atomic E-state index is 13.6. The normalized spacial score (nSPS) is 14.7. The van der Waals surface area contributed by atoms with Crippen LogP contribution in [0.5, 0.6) is 0 Å². The van der Waals surface area contributed by atoms with Gasteiger partial charge in [-0.2, -0.15) is 0 Å². The number of nitrogen functional groups attached to an aromatic ring is 1. The van der Waals surface area contributed by atoms with E-state index in [0.717, 1.165) is 25.1 Å². The van der Waals surface area contributed by atoms with Gasteiger partial charge in [0.25, 0.3) is 0 Å². The topological polar surface area (TPSA) is 53.1 Å². The molecule has 0 fully saturated rings. The number of rotatable bonds is 3. The van der Waals surface area contributed by atoms with Crippen molar-refractivity contribution >= 4 is 5.84 Å². The van der Waals surface area contributed by atoms with Crippen LogP contribution in [0.4, 0.5) is 4.39 Å². The van der Waals surface area contributed by atoms with E-state index in [4.69, 9.17) is 11.1 Å². The molecule has 0 atom stereocenters. The van der Waals surface area contributed by atoms with E-state index >= 15 is 0 Å². The van der Waals surface area contributed by atoms with Crippen LogP contribution >= 0.6 is 0 Å². The Hall–Kier alpha value is -2.20. The second kappa shape index (κ2) is 5.66. The summed E-state index contributed by atoms with van der Waals surface area (Å²) in [5.41, 5.74) is 9.50. The van der Waals surface area contributed by atoms with Gasteiger partial charge in [0.15, 0.2) is 0 Å². The van der Waals surface area contributed by atoms with Crippen molar-refractivity contribution in [3.05, 3.63) is 70.5 Å². The van der Waals surface area contributed by atoms with Crippen LogP contribution in [0, 0.1) is 11.2 Å². The highest BCUT2D eigenvalue weighted by Gasteiger charge is 2.16. The highest BCUT2D eigenvalue weighted by atomic mass is 19.1. The number of nitrogens with two attached hydrogens (primary N) is 1. The average Bonchev–Trinajstić information content (AvgIpc) is 2.46. The number of amidine groups is 1. The van der Waals surface area contributed by atoms with Crippen LogP contribution in [0.1, 0.15) is 22.3 Å². The summed E-state index contributed by atoms with van der Waals surface area (Å²) in [5.74, 6) is -0.435. The Labute approximate surface area is 123 Å². The van der Waals surface area contributed by atoms with E-state index in [-0.39, 0.29) is 11.7 Å². The maximum Gasteiger partial charge on any atom is 0.124 e. The van der Waals surface area contributed by atoms with Crippen LogP contribution in [-0.4, -0.2) is 17.3 Å². The van der Waals surface area contributed by atoms with Gasteiger partial charge in [-0.15, -0.1) is 0 Å². The van der Waals surface area contributed by atoms with Crippen LogP contribution in [0.3, 0.4) is 0 Å². The van der Waals surface area contributed by atoms with E-state index in [0.29, 0.717) is 12.1 Å². The SMILES string of the molecule is N=C(N)c1cc(F)cc(CN2CCc3ccccc3C2)c1. The average molecular weight is 283 g/mol. The lowest BCUT2D eigenvalue weighted by Gasteiger charge is -2.28. The molecule has 3 nitrogen and oxygen atoms in total. The Bertz CT molecular complexity index is 681. The number of hydrogen-bond acceptors (Lipinski definition) is 2. The van der Waals surface area contributed by atoms with Gasteiger partial charge in [-0.05, 0) is 41.3 Å². The zero-order valence-electron chi connectivity index (χ0n) is 11.8. The fraction of sp³-hybridized carbons (Fsp3) is 0.235. The van der Waals surface area contributed by atoms with Crippen molar-refractivity contribution in [3.8, 4) is 0 Å². The van der Waals surface area contributed by atoms with Crippen LogP contribution in [-0.2, 0) is 19.5 Å². The molecule has 1 aliphatic heterocycles. The Morgan fingerprint density at radius 2 is 1.95 bits per heavy atom. The van der Waals surface area contributed by atoms with Gasteiger partial charge in [-0.1, -0.05) is 24.3 Å². The van der Waals surface area contributed by atoms with Crippen molar-refractivity contribution in [1.82, 2.24) is 4.90 Å². The zero-order valence-corrected chi connectivity index (χ0v) is 11.8. The summed E-state index contributed by atoms with van der Waals surface area (Å²) in [5, 5.41) is 7.44. The summed E-state index contributed by atoms with van der Waals surface area (Å²) in [6.45, 7) is 2.51. The molecule has 4 heteroatoms. The van der Waals surface area contributed by atoms with Crippen LogP contribution in [0.25, 0.3) is 0 Å². The molecule has 0 spiro atoms. The van der Waals surface area contributed by atoms with Gasteiger partial charge in [-0.3, -0.25) is 10.3 Å². The van der Waals surface area contributed by atoms with Gasteiger partial charge in [0, 0.05) is 25.2 Å². The number of benzene rings is 2. The fourth-order valence-electron chi connectivity index (χ4n) is 2.84. The van der Waals surface area contributed by atoms with Crippen LogP contribution < -0.4 is 5.73 Å². The molecule has 21 heavy (non-hydrogen) atoms. The quantitative estimate of drug-likeness (QED) is 0.672. The molecule has 2 aromatic carbocycles. The van der Waals surface area contributed by atoms with Gasteiger partial charge in [-0.25, -0.2) is 4.39 Å². The number of hydrogen-bond donors (Lipinski definition) is 2. The number of nitrogens with one attached hydrogen (secondary N) is 1. The molecule has 0 radical (unpaired) electrons. The minimum atomic E-state index is -0.338. The predicted molar refractivity (Wildman–Crippen MR) is 81.7 cm³/mol. The van der Waals surface area contributed by atoms with Gasteiger partial charge in [0.05, 0.1) is 0 Å². The predicted octanol–water partition coefficient (Wildman–Crippen LogP) is 2.67. The van der Waals surface area contributed by atoms with E-state index in [1.165, 1.54) is 23.3 Å². The van der Waals surface area contributed by atoms with E-state index < -0.39 is 0 Å². The fourth-order valence-corrected chi connectivity index (χ4v) is 2.84. The first-order valence-electron chi connectivity index (χ1n) is 7.05. The molecule has 0 amide bonds. The van der Waals surface area contributed by atoms with Gasteiger partial charge in [0.1, 0.15) is 11.7 Å². The molecule has 3 N–H and O–H groups in total. The third-order valence-electron chi connectivity index (χ3n) is 3.88. The highest BCUT2D eigenvalue weighted by molar-refractivity contribution is 5.95. The molecule has 0 unspecified atom stereocenters. The summed E-state index contributed by atoms with van der Waals surface area (Å²) in [6, 6.07) is 13.1. The molecule has 108 valence electrons. The summed E-state index contributed by atoms with van der Waals surface area (Å²) in [7, 11) is 0. The van der Waals surface area contributed by atoms with E-state index in [9.17, 15) is 4.39 Å². The molecule has 1 heterocycles. The lowest BCUT2D eigenvalue weighted by Crippen LogP contribution is -2.30. The van der Waals surface area contributed by atoms with Crippen molar-refractivity contribution in [2.75, 3.05) is 6.54 Å². The molecule has 0 saturated carbocycles. The summed E-state index contributed by atoms with van der Waals surface area (Å²) >= 11 is 0. The Morgan fingerprint density at radius 3 is 2.71 bits per heavy atom. The molecule has 0 bridgehead atoms. The Kier molecular flexibility index (Phi) is 3.71. The first-order valence-corrected chi connectivity index (χ1v) is 7.05. The maximum atomic E-state index is 13.6. The number of fused-ring (bicyclic) bond motifs is 1. The van der Waals surface area contributed by atoms with Gasteiger partial charge in [0.2, 0.25) is 0 Å². The van der Waals surface area contributed by atoms with Crippen molar-refractivity contribution in [2.24, 2.45) is 5.73 Å². The second-order valence-electron chi connectivity index (χ2n) is 5.49. The molecule has 3 rings (SSSR count). The zero-order chi connectivity index (χ0) is 14.8. The van der Waals surface area contributed by atoms with Crippen molar-refractivity contribution < 1.29 is 4.39 Å². The van der Waals surface area contributed by atoms with Crippen molar-refractivity contribution in [1.29, 1.82) is 5.41 Å². The third-order valence-corrected chi connectivity index (χ3v) is 3.88. The largest absolute Gasteiger partial charge is 0.384 e. The second-order valence-corrected chi connectivity index (χ2v) is 5.49. The Balaban J connectivity index is 1.78. The third kappa shape index (κ3) is 3.11. The summed E-state index contributed by atoms with van der Waals surface area (Å²) in [4.78, 5) is 2.29. The standard InChI is InChI=1S/C17H18FN3/c18-16-8-12(7-15(9-16)17(19)20)10-21-6-5-13-3-1-2-4-14(13)11-21/h1-4,7-9H,5-6,10-11H2,(H3,19,20). The molecule has 0 aromatic heterocycles. The lowest BCUT2D eigenvalue weighted by atomic mass is 9.99. The molecule has 0 saturated heterocycles. The van der Waals surface area contributed by atoms with Crippen molar-refractivity contribution in [3.63, 3.8) is 0 Å². The van der Waals surface area contributed by atoms with Crippen LogP contribution in [0.15, 0.2) is 42.5 Å². The lowest BCUT2D eigenvalue weighted by molar-refractivity contribution is 0.245. The molecular weight excluding hydrogens is 265 g/mol. The molecule has 1 aliphatic rings. The van der Waals surface area contributed by atoms with E-state index in [1.54, 1.807) is 6.07 Å². The summed E-state index contributed by atoms with van der Waals surface area (Å²) < 4.78 is 13.6. The summed E-state index contributed by atoms with van der Waals surface area (Å²) in [6.07, 6.45) is 1.02. The first-order chi connectivity index (χ1) is 10.1. The minimum absolute atomic E-state index is 0.0975. The smallest absolute Gasteiger partial charge is 0.124 e. The molecular formula is C17H18FN3. The van der Waals surface area contributed by atoms with Crippen LogP contribution in [0.2, 0.25) is 0 Å².